The Labute approximate surface area is 167 Å². The molecule has 0 spiro atoms. The van der Waals surface area contributed by atoms with E-state index in [1.807, 2.05) is 25.1 Å². The molecule has 1 heterocycles. The lowest BCUT2D eigenvalue weighted by Gasteiger charge is -2.14. The molecular weight excluding hydrogens is 342 g/mol. The second-order valence-corrected chi connectivity index (χ2v) is 8.60. The van der Waals surface area contributed by atoms with E-state index in [-0.39, 0.29) is 11.2 Å². The van der Waals surface area contributed by atoms with Gasteiger partial charge in [0.15, 0.2) is 5.78 Å². The van der Waals surface area contributed by atoms with Gasteiger partial charge in [-0.1, -0.05) is 57.0 Å². The molecule has 28 heavy (non-hydrogen) atoms. The Morgan fingerprint density at radius 1 is 1.07 bits per heavy atom. The molecule has 4 rings (SSSR count). The van der Waals surface area contributed by atoms with E-state index in [4.69, 9.17) is 0 Å². The van der Waals surface area contributed by atoms with Crippen molar-refractivity contribution < 1.29 is 4.79 Å². The number of benzene rings is 2. The molecule has 0 saturated carbocycles. The fourth-order valence-corrected chi connectivity index (χ4v) is 4.52. The van der Waals surface area contributed by atoms with Gasteiger partial charge in [0.05, 0.1) is 12.1 Å². The van der Waals surface area contributed by atoms with Crippen molar-refractivity contribution in [2.75, 3.05) is 0 Å². The molecule has 0 aliphatic heterocycles. The van der Waals surface area contributed by atoms with Crippen LogP contribution in [0.25, 0.3) is 10.9 Å². The average Bonchev–Trinajstić information content (AvgIpc) is 3.13. The van der Waals surface area contributed by atoms with E-state index in [0.717, 1.165) is 47.0 Å². The Morgan fingerprint density at radius 2 is 1.82 bits per heavy atom. The van der Waals surface area contributed by atoms with Crippen molar-refractivity contribution >= 4 is 16.7 Å². The summed E-state index contributed by atoms with van der Waals surface area (Å²) in [6.07, 6.45) is 2.97. The maximum absolute atomic E-state index is 13.5. The predicted molar refractivity (Wildman–Crippen MR) is 116 cm³/mol. The number of ketones is 1. The number of carbonyl (C=O) groups excluding carboxylic acids is 1. The van der Waals surface area contributed by atoms with Crippen LogP contribution in [0, 0.1) is 24.2 Å². The van der Waals surface area contributed by atoms with E-state index in [9.17, 15) is 4.79 Å². The molecule has 142 valence electrons. The van der Waals surface area contributed by atoms with E-state index < -0.39 is 0 Å². The van der Waals surface area contributed by atoms with Crippen LogP contribution in [0.15, 0.2) is 42.5 Å². The summed E-state index contributed by atoms with van der Waals surface area (Å²) < 4.78 is 2.17. The topological polar surface area (TPSA) is 22.0 Å². The number of hydrogen-bond donors (Lipinski definition) is 0. The highest BCUT2D eigenvalue weighted by atomic mass is 16.1. The van der Waals surface area contributed by atoms with Gasteiger partial charge in [-0.25, -0.2) is 0 Å². The SMILES string of the molecule is CCC#CCn1c(C)c(C(=O)c2ccc3c(c2)CC(C)(C)C3)c2ccccc21. The van der Waals surface area contributed by atoms with Gasteiger partial charge in [0.2, 0.25) is 0 Å². The molecule has 2 aromatic carbocycles. The number of nitrogens with zero attached hydrogens (tertiary/aromatic N) is 1. The third-order valence-electron chi connectivity index (χ3n) is 5.80. The van der Waals surface area contributed by atoms with Crippen LogP contribution in [0.2, 0.25) is 0 Å². The average molecular weight is 370 g/mol. The van der Waals surface area contributed by atoms with Gasteiger partial charge in [-0.3, -0.25) is 4.79 Å². The summed E-state index contributed by atoms with van der Waals surface area (Å²) in [6.45, 7) is 9.30. The first kappa shape index (κ1) is 18.6. The van der Waals surface area contributed by atoms with Gasteiger partial charge in [-0.05, 0) is 48.4 Å². The third kappa shape index (κ3) is 3.16. The Balaban J connectivity index is 1.80. The van der Waals surface area contributed by atoms with Crippen LogP contribution >= 0.6 is 0 Å². The van der Waals surface area contributed by atoms with E-state index in [1.165, 1.54) is 11.1 Å². The van der Waals surface area contributed by atoms with Crippen molar-refractivity contribution in [3.8, 4) is 11.8 Å². The van der Waals surface area contributed by atoms with Gasteiger partial charge in [0.1, 0.15) is 0 Å². The van der Waals surface area contributed by atoms with E-state index in [0.29, 0.717) is 6.54 Å². The maximum atomic E-state index is 13.5. The number of rotatable bonds is 3. The first-order valence-corrected chi connectivity index (χ1v) is 10.1. The van der Waals surface area contributed by atoms with Crippen LogP contribution in [0.4, 0.5) is 0 Å². The van der Waals surface area contributed by atoms with Crippen LogP contribution in [0.3, 0.4) is 0 Å². The van der Waals surface area contributed by atoms with Crippen molar-refractivity contribution in [1.29, 1.82) is 0 Å². The molecule has 1 aliphatic carbocycles. The molecule has 0 saturated heterocycles. The summed E-state index contributed by atoms with van der Waals surface area (Å²) in [4.78, 5) is 13.5. The highest BCUT2D eigenvalue weighted by molar-refractivity contribution is 6.17. The van der Waals surface area contributed by atoms with Gasteiger partial charge in [0.25, 0.3) is 0 Å². The van der Waals surface area contributed by atoms with Gasteiger partial charge in [0, 0.05) is 28.6 Å². The maximum Gasteiger partial charge on any atom is 0.195 e. The minimum atomic E-state index is 0.114. The molecule has 0 amide bonds. The van der Waals surface area contributed by atoms with Crippen molar-refractivity contribution in [1.82, 2.24) is 4.57 Å². The zero-order chi connectivity index (χ0) is 19.9. The molecule has 3 aromatic rings. The second-order valence-electron chi connectivity index (χ2n) is 8.60. The van der Waals surface area contributed by atoms with Gasteiger partial charge in [-0.2, -0.15) is 0 Å². The minimum Gasteiger partial charge on any atom is -0.332 e. The quantitative estimate of drug-likeness (QED) is 0.427. The van der Waals surface area contributed by atoms with E-state index in [2.05, 4.69) is 61.4 Å². The Morgan fingerprint density at radius 3 is 2.61 bits per heavy atom. The molecule has 0 bridgehead atoms. The normalized spacial score (nSPS) is 14.6. The zero-order valence-electron chi connectivity index (χ0n) is 17.2. The van der Waals surface area contributed by atoms with Crippen LogP contribution in [0.1, 0.15) is 59.9 Å². The van der Waals surface area contributed by atoms with Gasteiger partial charge in [-0.15, -0.1) is 5.92 Å². The smallest absolute Gasteiger partial charge is 0.195 e. The lowest BCUT2D eigenvalue weighted by atomic mass is 9.90. The van der Waals surface area contributed by atoms with Gasteiger partial charge < -0.3 is 4.57 Å². The van der Waals surface area contributed by atoms with Crippen molar-refractivity contribution in [3.05, 3.63) is 70.4 Å². The largest absolute Gasteiger partial charge is 0.332 e. The Hall–Kier alpha value is -2.79. The Kier molecular flexibility index (Phi) is 4.63. The molecule has 0 fully saturated rings. The van der Waals surface area contributed by atoms with Crippen molar-refractivity contribution in [2.45, 2.75) is 53.5 Å². The lowest BCUT2D eigenvalue weighted by molar-refractivity contribution is 0.103. The number of aromatic nitrogens is 1. The molecule has 1 aromatic heterocycles. The fourth-order valence-electron chi connectivity index (χ4n) is 4.52. The molecule has 0 atom stereocenters. The lowest BCUT2D eigenvalue weighted by Crippen LogP contribution is -2.09. The highest BCUT2D eigenvalue weighted by Crippen LogP contribution is 2.37. The standard InChI is InChI=1S/C26H27NO/c1-5-6-9-14-27-18(2)24(22-10-7-8-11-23(22)27)25(28)19-12-13-20-16-26(3,4)17-21(20)15-19/h7-8,10-13,15H,5,14,16-17H2,1-4H3. The number of fused-ring (bicyclic) bond motifs is 2. The number of carbonyl (C=O) groups is 1. The van der Waals surface area contributed by atoms with E-state index >= 15 is 0 Å². The molecule has 2 nitrogen and oxygen atoms in total. The van der Waals surface area contributed by atoms with E-state index in [1.54, 1.807) is 0 Å². The predicted octanol–water partition coefficient (Wildman–Crippen LogP) is 5.72. The fraction of sp³-hybridized carbons (Fsp3) is 0.346. The zero-order valence-corrected chi connectivity index (χ0v) is 17.2. The van der Waals surface area contributed by atoms with Gasteiger partial charge >= 0.3 is 0 Å². The first-order valence-electron chi connectivity index (χ1n) is 10.1. The Bertz CT molecular complexity index is 1130. The molecule has 0 N–H and O–H groups in total. The summed E-state index contributed by atoms with van der Waals surface area (Å²) >= 11 is 0. The van der Waals surface area contributed by atoms with Crippen molar-refractivity contribution in [2.24, 2.45) is 5.41 Å². The highest BCUT2D eigenvalue weighted by Gasteiger charge is 2.29. The molecular formula is C26H27NO. The second kappa shape index (κ2) is 6.99. The summed E-state index contributed by atoms with van der Waals surface area (Å²) in [5.41, 5.74) is 6.68. The van der Waals surface area contributed by atoms with Crippen LogP contribution in [-0.4, -0.2) is 10.4 Å². The number of para-hydroxylation sites is 1. The molecule has 1 aliphatic rings. The van der Waals surface area contributed by atoms with Crippen LogP contribution in [0.5, 0.6) is 0 Å². The molecule has 0 unspecified atom stereocenters. The minimum absolute atomic E-state index is 0.114. The van der Waals surface area contributed by atoms with Crippen LogP contribution in [-0.2, 0) is 19.4 Å². The monoisotopic (exact) mass is 369 g/mol. The van der Waals surface area contributed by atoms with Crippen molar-refractivity contribution in [3.63, 3.8) is 0 Å². The summed E-state index contributed by atoms with van der Waals surface area (Å²) in [6, 6.07) is 14.4. The summed E-state index contributed by atoms with van der Waals surface area (Å²) in [5.74, 6) is 6.47. The molecule has 2 heteroatoms. The third-order valence-corrected chi connectivity index (χ3v) is 5.80. The molecule has 0 radical (unpaired) electrons. The number of hydrogen-bond acceptors (Lipinski definition) is 1. The van der Waals surface area contributed by atoms with Crippen LogP contribution < -0.4 is 0 Å². The summed E-state index contributed by atoms with van der Waals surface area (Å²) in [5, 5.41) is 1.02. The first-order chi connectivity index (χ1) is 13.4. The summed E-state index contributed by atoms with van der Waals surface area (Å²) in [7, 11) is 0.